The minimum Gasteiger partial charge on any atom is -0.472 e. The van der Waals surface area contributed by atoms with Crippen molar-refractivity contribution in [3.63, 3.8) is 0 Å². The molecule has 1 aromatic carbocycles. The highest BCUT2D eigenvalue weighted by Crippen LogP contribution is 2.17. The lowest BCUT2D eigenvalue weighted by Crippen LogP contribution is -2.25. The van der Waals surface area contributed by atoms with Crippen molar-refractivity contribution >= 4 is 0 Å². The largest absolute Gasteiger partial charge is 0.472 e. The highest BCUT2D eigenvalue weighted by Gasteiger charge is 2.18. The van der Waals surface area contributed by atoms with Crippen LogP contribution in [0.5, 0.6) is 5.88 Å². The van der Waals surface area contributed by atoms with Gasteiger partial charge in [-0.1, -0.05) is 30.3 Å². The van der Waals surface area contributed by atoms with Crippen LogP contribution in [0.3, 0.4) is 0 Å². The molecule has 1 aromatic heterocycles. The van der Waals surface area contributed by atoms with Crippen LogP contribution in [0.1, 0.15) is 23.6 Å². The second kappa shape index (κ2) is 8.78. The number of hydrogen-bond acceptors (Lipinski definition) is 5. The molecule has 2 atom stereocenters. The van der Waals surface area contributed by atoms with Crippen molar-refractivity contribution in [2.24, 2.45) is 0 Å². The number of methoxy groups -OCH3 is 1. The molecule has 2 aromatic rings. The summed E-state index contributed by atoms with van der Waals surface area (Å²) >= 11 is 0. The van der Waals surface area contributed by atoms with Crippen LogP contribution < -0.4 is 10.1 Å². The standard InChI is InChI=1S/C19H24N2O3/c1-22-14-18(16-5-3-2-4-6-16)21-12-15-7-9-20-19(11-15)24-17-8-10-23-13-17/h2-7,9,11,17-18,21H,8,10,12-14H2,1H3. The van der Waals surface area contributed by atoms with Crippen LogP contribution >= 0.6 is 0 Å². The third-order valence-corrected chi connectivity index (χ3v) is 4.06. The highest BCUT2D eigenvalue weighted by atomic mass is 16.5. The van der Waals surface area contributed by atoms with Crippen LogP contribution in [-0.4, -0.2) is 38.0 Å². The van der Waals surface area contributed by atoms with Gasteiger partial charge in [-0.05, 0) is 17.2 Å². The van der Waals surface area contributed by atoms with E-state index in [1.165, 1.54) is 5.56 Å². The summed E-state index contributed by atoms with van der Waals surface area (Å²) in [5, 5.41) is 3.54. The zero-order chi connectivity index (χ0) is 16.6. The number of nitrogens with zero attached hydrogens (tertiary/aromatic N) is 1. The Kier molecular flexibility index (Phi) is 6.18. The first-order valence-electron chi connectivity index (χ1n) is 8.32. The van der Waals surface area contributed by atoms with E-state index >= 15 is 0 Å². The van der Waals surface area contributed by atoms with Gasteiger partial charge in [0, 0.05) is 32.3 Å². The first-order chi connectivity index (χ1) is 11.8. The van der Waals surface area contributed by atoms with Gasteiger partial charge in [0.15, 0.2) is 0 Å². The number of ether oxygens (including phenoxy) is 3. The van der Waals surface area contributed by atoms with Gasteiger partial charge in [0.2, 0.25) is 5.88 Å². The summed E-state index contributed by atoms with van der Waals surface area (Å²) in [6, 6.07) is 14.5. The summed E-state index contributed by atoms with van der Waals surface area (Å²) in [5.74, 6) is 0.660. The van der Waals surface area contributed by atoms with Crippen molar-refractivity contribution in [3.05, 3.63) is 59.8 Å². The quantitative estimate of drug-likeness (QED) is 0.807. The van der Waals surface area contributed by atoms with Crippen LogP contribution in [0.25, 0.3) is 0 Å². The van der Waals surface area contributed by atoms with Gasteiger partial charge in [-0.3, -0.25) is 0 Å². The van der Waals surface area contributed by atoms with Crippen LogP contribution in [0, 0.1) is 0 Å². The van der Waals surface area contributed by atoms with Crippen LogP contribution in [0.4, 0.5) is 0 Å². The van der Waals surface area contributed by atoms with E-state index in [0.29, 0.717) is 19.1 Å². The Labute approximate surface area is 143 Å². The number of pyridine rings is 1. The van der Waals surface area contributed by atoms with Crippen LogP contribution in [0.15, 0.2) is 48.7 Å². The van der Waals surface area contributed by atoms with Crippen molar-refractivity contribution in [1.82, 2.24) is 10.3 Å². The summed E-state index contributed by atoms with van der Waals surface area (Å²) in [6.07, 6.45) is 2.83. The number of nitrogens with one attached hydrogen (secondary N) is 1. The second-order valence-corrected chi connectivity index (χ2v) is 5.91. The molecule has 1 aliphatic rings. The first-order valence-corrected chi connectivity index (χ1v) is 8.32. The van der Waals surface area contributed by atoms with E-state index in [4.69, 9.17) is 14.2 Å². The van der Waals surface area contributed by atoms with Crippen molar-refractivity contribution in [3.8, 4) is 5.88 Å². The number of benzene rings is 1. The molecule has 1 fully saturated rings. The predicted molar refractivity (Wildman–Crippen MR) is 92.0 cm³/mol. The van der Waals surface area contributed by atoms with E-state index in [9.17, 15) is 0 Å². The fourth-order valence-corrected chi connectivity index (χ4v) is 2.77. The summed E-state index contributed by atoms with van der Waals surface area (Å²) in [5.41, 5.74) is 2.35. The molecule has 0 spiro atoms. The van der Waals surface area contributed by atoms with E-state index in [1.807, 2.05) is 30.3 Å². The second-order valence-electron chi connectivity index (χ2n) is 5.91. The van der Waals surface area contributed by atoms with Crippen LogP contribution in [0.2, 0.25) is 0 Å². The molecule has 128 valence electrons. The molecule has 0 radical (unpaired) electrons. The highest BCUT2D eigenvalue weighted by molar-refractivity contribution is 5.22. The van der Waals surface area contributed by atoms with Crippen molar-refractivity contribution in [2.45, 2.75) is 25.1 Å². The summed E-state index contributed by atoms with van der Waals surface area (Å²) < 4.78 is 16.5. The fourth-order valence-electron chi connectivity index (χ4n) is 2.77. The molecular weight excluding hydrogens is 304 g/mol. The normalized spacial score (nSPS) is 18.5. The molecule has 3 rings (SSSR count). The van der Waals surface area contributed by atoms with Crippen LogP contribution in [-0.2, 0) is 16.0 Å². The molecule has 1 N–H and O–H groups in total. The summed E-state index contributed by atoms with van der Waals surface area (Å²) in [4.78, 5) is 4.29. The average molecular weight is 328 g/mol. The molecule has 2 heterocycles. The Hall–Kier alpha value is -1.95. The lowest BCUT2D eigenvalue weighted by Gasteiger charge is -2.19. The zero-order valence-electron chi connectivity index (χ0n) is 14.0. The third kappa shape index (κ3) is 4.77. The van der Waals surface area contributed by atoms with E-state index < -0.39 is 0 Å². The lowest BCUT2D eigenvalue weighted by atomic mass is 10.1. The molecule has 1 saturated heterocycles. The zero-order valence-corrected chi connectivity index (χ0v) is 14.0. The van der Waals surface area contributed by atoms with Crippen molar-refractivity contribution in [1.29, 1.82) is 0 Å². The number of rotatable bonds is 8. The molecule has 0 bridgehead atoms. The molecule has 0 aliphatic carbocycles. The van der Waals surface area contributed by atoms with E-state index in [1.54, 1.807) is 13.3 Å². The van der Waals surface area contributed by atoms with Gasteiger partial charge in [0.1, 0.15) is 6.10 Å². The monoisotopic (exact) mass is 328 g/mol. The number of aromatic nitrogens is 1. The van der Waals surface area contributed by atoms with Crippen molar-refractivity contribution in [2.75, 3.05) is 26.9 Å². The van der Waals surface area contributed by atoms with Gasteiger partial charge in [-0.25, -0.2) is 4.98 Å². The predicted octanol–water partition coefficient (Wildman–Crippen LogP) is 2.73. The first kappa shape index (κ1) is 16.9. The fraction of sp³-hybridized carbons (Fsp3) is 0.421. The SMILES string of the molecule is COCC(NCc1ccnc(OC2CCOC2)c1)c1ccccc1. The minimum absolute atomic E-state index is 0.117. The smallest absolute Gasteiger partial charge is 0.213 e. The van der Waals surface area contributed by atoms with E-state index in [-0.39, 0.29) is 12.1 Å². The van der Waals surface area contributed by atoms with Gasteiger partial charge < -0.3 is 19.5 Å². The maximum Gasteiger partial charge on any atom is 0.213 e. The molecule has 0 amide bonds. The summed E-state index contributed by atoms with van der Waals surface area (Å²) in [6.45, 7) is 2.76. The van der Waals surface area contributed by atoms with Gasteiger partial charge in [-0.2, -0.15) is 0 Å². The maximum absolute atomic E-state index is 5.87. The lowest BCUT2D eigenvalue weighted by molar-refractivity contribution is 0.138. The molecule has 5 nitrogen and oxygen atoms in total. The minimum atomic E-state index is 0.117. The van der Waals surface area contributed by atoms with Gasteiger partial charge >= 0.3 is 0 Å². The molecule has 1 aliphatic heterocycles. The maximum atomic E-state index is 5.87. The Bertz CT molecular complexity index is 615. The molecular formula is C19H24N2O3. The van der Waals surface area contributed by atoms with Gasteiger partial charge in [-0.15, -0.1) is 0 Å². The third-order valence-electron chi connectivity index (χ3n) is 4.06. The van der Waals surface area contributed by atoms with Gasteiger partial charge in [0.05, 0.1) is 25.9 Å². The van der Waals surface area contributed by atoms with E-state index in [0.717, 1.165) is 25.1 Å². The Morgan fingerprint density at radius 3 is 2.92 bits per heavy atom. The average Bonchev–Trinajstić information content (AvgIpc) is 3.13. The van der Waals surface area contributed by atoms with Gasteiger partial charge in [0.25, 0.3) is 0 Å². The molecule has 2 unspecified atom stereocenters. The molecule has 0 saturated carbocycles. The summed E-state index contributed by atoms with van der Waals surface area (Å²) in [7, 11) is 1.72. The topological polar surface area (TPSA) is 52.6 Å². The Balaban J connectivity index is 1.60. The number of hydrogen-bond donors (Lipinski definition) is 1. The molecule has 5 heteroatoms. The van der Waals surface area contributed by atoms with E-state index in [2.05, 4.69) is 22.4 Å². The molecule has 24 heavy (non-hydrogen) atoms. The van der Waals surface area contributed by atoms with Crippen molar-refractivity contribution < 1.29 is 14.2 Å². The Morgan fingerprint density at radius 2 is 2.17 bits per heavy atom. The Morgan fingerprint density at radius 1 is 1.29 bits per heavy atom.